The zero-order valence-electron chi connectivity index (χ0n) is 4.98. The number of aromatic nitrogens is 2. The van der Waals surface area contributed by atoms with Crippen LogP contribution in [0.1, 0.15) is 5.56 Å². The van der Waals surface area contributed by atoms with Crippen LogP contribution in [0.5, 0.6) is 0 Å². The SMILES string of the molecule is N#Cc1c(F)nnc(F)c1F. The maximum absolute atomic E-state index is 12.3. The summed E-state index contributed by atoms with van der Waals surface area (Å²) >= 11 is 0. The van der Waals surface area contributed by atoms with Gasteiger partial charge in [0.15, 0.2) is 0 Å². The van der Waals surface area contributed by atoms with Gasteiger partial charge in [-0.25, -0.2) is 4.39 Å². The topological polar surface area (TPSA) is 49.6 Å². The van der Waals surface area contributed by atoms with Crippen molar-refractivity contribution in [2.24, 2.45) is 0 Å². The fraction of sp³-hybridized carbons (Fsp3) is 0. The lowest BCUT2D eigenvalue weighted by atomic mass is 10.3. The Labute approximate surface area is 59.1 Å². The first-order chi connectivity index (χ1) is 5.16. The first kappa shape index (κ1) is 7.47. The summed E-state index contributed by atoms with van der Waals surface area (Å²) in [5.41, 5.74) is -1.06. The van der Waals surface area contributed by atoms with Gasteiger partial charge in [-0.3, -0.25) is 0 Å². The van der Waals surface area contributed by atoms with Crippen LogP contribution in [0.3, 0.4) is 0 Å². The fourth-order valence-corrected chi connectivity index (χ4v) is 0.471. The third-order valence-corrected chi connectivity index (χ3v) is 0.944. The minimum Gasteiger partial charge on any atom is -0.200 e. The second kappa shape index (κ2) is 2.54. The van der Waals surface area contributed by atoms with E-state index in [0.29, 0.717) is 0 Å². The van der Waals surface area contributed by atoms with Crippen molar-refractivity contribution in [3.05, 3.63) is 23.3 Å². The Morgan fingerprint density at radius 2 is 1.64 bits per heavy atom. The van der Waals surface area contributed by atoms with Crippen LogP contribution in [0.25, 0.3) is 0 Å². The average molecular weight is 159 g/mol. The second-order valence-corrected chi connectivity index (χ2v) is 1.58. The number of nitrogens with zero attached hydrogens (tertiary/aromatic N) is 3. The van der Waals surface area contributed by atoms with Gasteiger partial charge in [0, 0.05) is 0 Å². The molecule has 0 unspecified atom stereocenters. The Morgan fingerprint density at radius 1 is 1.09 bits per heavy atom. The fourth-order valence-electron chi connectivity index (χ4n) is 0.471. The third-order valence-electron chi connectivity index (χ3n) is 0.944. The molecule has 0 aliphatic carbocycles. The Balaban J connectivity index is 3.44. The summed E-state index contributed by atoms with van der Waals surface area (Å²) in [6, 6.07) is 1.11. The Kier molecular flexibility index (Phi) is 1.72. The molecule has 0 radical (unpaired) electrons. The van der Waals surface area contributed by atoms with E-state index in [1.165, 1.54) is 0 Å². The maximum atomic E-state index is 12.3. The van der Waals surface area contributed by atoms with Crippen molar-refractivity contribution in [3.63, 3.8) is 0 Å². The van der Waals surface area contributed by atoms with Gasteiger partial charge in [0.2, 0.25) is 5.82 Å². The smallest absolute Gasteiger partial charge is 0.200 e. The van der Waals surface area contributed by atoms with Gasteiger partial charge in [0.05, 0.1) is 0 Å². The molecule has 0 spiro atoms. The predicted octanol–water partition coefficient (Wildman–Crippen LogP) is 0.766. The number of hydrogen-bond acceptors (Lipinski definition) is 3. The van der Waals surface area contributed by atoms with Crippen molar-refractivity contribution in [2.75, 3.05) is 0 Å². The molecule has 11 heavy (non-hydrogen) atoms. The van der Waals surface area contributed by atoms with E-state index >= 15 is 0 Å². The molecular weight excluding hydrogens is 159 g/mol. The van der Waals surface area contributed by atoms with Crippen molar-refractivity contribution < 1.29 is 13.2 Å². The summed E-state index contributed by atoms with van der Waals surface area (Å²) in [5, 5.41) is 13.1. The molecule has 56 valence electrons. The van der Waals surface area contributed by atoms with Crippen molar-refractivity contribution in [3.8, 4) is 6.07 Å². The van der Waals surface area contributed by atoms with Crippen LogP contribution < -0.4 is 0 Å². The van der Waals surface area contributed by atoms with Crippen molar-refractivity contribution in [2.45, 2.75) is 0 Å². The highest BCUT2D eigenvalue weighted by atomic mass is 19.2. The molecule has 6 heteroatoms. The molecule has 1 heterocycles. The predicted molar refractivity (Wildman–Crippen MR) is 26.6 cm³/mol. The number of rotatable bonds is 0. The Bertz CT molecular complexity index is 330. The minimum atomic E-state index is -1.61. The molecule has 0 saturated heterocycles. The number of hydrogen-bond donors (Lipinski definition) is 0. The van der Waals surface area contributed by atoms with Gasteiger partial charge in [-0.1, -0.05) is 0 Å². The lowest BCUT2D eigenvalue weighted by Crippen LogP contribution is -2.01. The average Bonchev–Trinajstić information content (AvgIpc) is 1.99. The molecule has 0 amide bonds. The van der Waals surface area contributed by atoms with E-state index in [9.17, 15) is 13.2 Å². The molecule has 1 aromatic rings. The van der Waals surface area contributed by atoms with Crippen LogP contribution in [-0.2, 0) is 0 Å². The van der Waals surface area contributed by atoms with Crippen LogP contribution in [-0.4, -0.2) is 10.2 Å². The second-order valence-electron chi connectivity index (χ2n) is 1.58. The summed E-state index contributed by atoms with van der Waals surface area (Å²) in [7, 11) is 0. The first-order valence-corrected chi connectivity index (χ1v) is 2.44. The Morgan fingerprint density at radius 3 is 2.09 bits per heavy atom. The maximum Gasteiger partial charge on any atom is 0.270 e. The number of nitriles is 1. The van der Waals surface area contributed by atoms with E-state index in [0.717, 1.165) is 6.07 Å². The summed E-state index contributed by atoms with van der Waals surface area (Å²) in [6.45, 7) is 0. The highest BCUT2D eigenvalue weighted by Crippen LogP contribution is 2.08. The highest BCUT2D eigenvalue weighted by molar-refractivity contribution is 5.26. The third kappa shape index (κ3) is 1.12. The molecular formula is C5F3N3. The lowest BCUT2D eigenvalue weighted by Gasteiger charge is -1.92. The molecule has 0 saturated carbocycles. The van der Waals surface area contributed by atoms with Crippen molar-refractivity contribution in [1.82, 2.24) is 10.2 Å². The van der Waals surface area contributed by atoms with E-state index in [4.69, 9.17) is 5.26 Å². The summed E-state index contributed by atoms with van der Waals surface area (Å²) in [5.74, 6) is -4.60. The van der Waals surface area contributed by atoms with Crippen LogP contribution in [0.4, 0.5) is 13.2 Å². The largest absolute Gasteiger partial charge is 0.270 e. The zero-order chi connectivity index (χ0) is 8.43. The van der Waals surface area contributed by atoms with Crippen molar-refractivity contribution >= 4 is 0 Å². The van der Waals surface area contributed by atoms with Gasteiger partial charge in [-0.2, -0.15) is 14.0 Å². The summed E-state index contributed by atoms with van der Waals surface area (Å²) < 4.78 is 36.6. The van der Waals surface area contributed by atoms with Crippen LogP contribution in [0, 0.1) is 29.0 Å². The summed E-state index contributed by atoms with van der Waals surface area (Å²) in [6.07, 6.45) is 0. The van der Waals surface area contributed by atoms with Crippen molar-refractivity contribution in [1.29, 1.82) is 5.26 Å². The monoisotopic (exact) mass is 159 g/mol. The molecule has 1 aromatic heterocycles. The molecule has 1 rings (SSSR count). The van der Waals surface area contributed by atoms with E-state index in [1.54, 1.807) is 0 Å². The van der Waals surface area contributed by atoms with Gasteiger partial charge in [-0.05, 0) is 0 Å². The molecule has 0 aliphatic rings. The molecule has 0 aromatic carbocycles. The normalized spacial score (nSPS) is 9.27. The molecule has 0 fully saturated rings. The number of halogens is 3. The van der Waals surface area contributed by atoms with E-state index in [1.807, 2.05) is 0 Å². The van der Waals surface area contributed by atoms with Gasteiger partial charge in [0.25, 0.3) is 11.9 Å². The van der Waals surface area contributed by atoms with Crippen LogP contribution in [0.2, 0.25) is 0 Å². The van der Waals surface area contributed by atoms with Gasteiger partial charge >= 0.3 is 0 Å². The van der Waals surface area contributed by atoms with Gasteiger partial charge in [-0.15, -0.1) is 10.2 Å². The van der Waals surface area contributed by atoms with E-state index < -0.39 is 23.3 Å². The molecule has 3 nitrogen and oxygen atoms in total. The molecule has 0 N–H and O–H groups in total. The standard InChI is InChI=1S/C5F3N3/c6-3-2(1-9)4(7)10-11-5(3)8. The van der Waals surface area contributed by atoms with Crippen LogP contribution in [0.15, 0.2) is 0 Å². The van der Waals surface area contributed by atoms with E-state index in [-0.39, 0.29) is 0 Å². The van der Waals surface area contributed by atoms with Gasteiger partial charge in [0.1, 0.15) is 11.6 Å². The van der Waals surface area contributed by atoms with Gasteiger partial charge < -0.3 is 0 Å². The highest BCUT2D eigenvalue weighted by Gasteiger charge is 2.15. The molecule has 0 bridgehead atoms. The van der Waals surface area contributed by atoms with E-state index in [2.05, 4.69) is 10.2 Å². The summed E-state index contributed by atoms with van der Waals surface area (Å²) in [4.78, 5) is 0. The van der Waals surface area contributed by atoms with Crippen LogP contribution >= 0.6 is 0 Å². The lowest BCUT2D eigenvalue weighted by molar-refractivity contribution is 0.431. The Hall–Kier alpha value is -1.64. The molecule has 0 atom stereocenters. The minimum absolute atomic E-state index is 1.06. The zero-order valence-corrected chi connectivity index (χ0v) is 4.98. The quantitative estimate of drug-likeness (QED) is 0.561. The first-order valence-electron chi connectivity index (χ1n) is 2.44. The molecule has 0 aliphatic heterocycles.